The Kier molecular flexibility index (Phi) is 4.81. The first-order chi connectivity index (χ1) is 13.2. The average molecular weight is 381 g/mol. The Labute approximate surface area is 163 Å². The van der Waals surface area contributed by atoms with Crippen molar-refractivity contribution in [3.05, 3.63) is 83.9 Å². The Bertz CT molecular complexity index is 971. The lowest BCUT2D eigenvalue weighted by molar-refractivity contribution is 0.288. The Hall–Kier alpha value is -2.86. The number of fused-ring (bicyclic) bond motifs is 1. The topological polar surface area (TPSA) is 29.4 Å². The fourth-order valence-electron chi connectivity index (χ4n) is 3.52. The van der Waals surface area contributed by atoms with Gasteiger partial charge in [-0.05, 0) is 42.5 Å². The summed E-state index contributed by atoms with van der Waals surface area (Å²) in [6.45, 7) is 1.49. The van der Waals surface area contributed by atoms with E-state index in [2.05, 4.69) is 9.88 Å². The van der Waals surface area contributed by atoms with E-state index in [1.165, 1.54) is 6.07 Å². The number of methoxy groups -OCH3 is 1. The van der Waals surface area contributed by atoms with Crippen LogP contribution in [0.5, 0.6) is 5.75 Å². The van der Waals surface area contributed by atoms with E-state index in [9.17, 15) is 4.39 Å². The minimum absolute atomic E-state index is 0.230. The molecule has 6 heteroatoms. The molecule has 0 bridgehead atoms. The van der Waals surface area contributed by atoms with Crippen molar-refractivity contribution in [1.82, 2.24) is 9.47 Å². The smallest absolute Gasteiger partial charge is 0.174 e. The first-order valence-corrected chi connectivity index (χ1v) is 9.19. The van der Waals surface area contributed by atoms with E-state index < -0.39 is 0 Å². The summed E-state index contributed by atoms with van der Waals surface area (Å²) in [7, 11) is 1.63. The summed E-state index contributed by atoms with van der Waals surface area (Å²) in [4.78, 5) is 2.04. The standard InChI is InChI=1S/C21H20FN3OS/c1-26-16-7-4-6-15(14-16)23-21(27)25-13-12-24-11-5-10-19(24)20(25)17-8-2-3-9-18(17)22/h2-11,14,20H,12-13H2,1H3,(H,23,27)/t20-/m1/s1. The van der Waals surface area contributed by atoms with Crippen molar-refractivity contribution in [3.63, 3.8) is 0 Å². The molecule has 2 aromatic carbocycles. The zero-order valence-corrected chi connectivity index (χ0v) is 15.7. The van der Waals surface area contributed by atoms with Crippen LogP contribution in [0.3, 0.4) is 0 Å². The van der Waals surface area contributed by atoms with Crippen LogP contribution in [0.1, 0.15) is 17.3 Å². The van der Waals surface area contributed by atoms with E-state index in [1.807, 2.05) is 59.6 Å². The van der Waals surface area contributed by atoms with Crippen molar-refractivity contribution in [2.75, 3.05) is 19.0 Å². The molecule has 2 heterocycles. The molecule has 3 aromatic rings. The molecule has 138 valence electrons. The number of anilines is 1. The number of thiocarbonyl (C=S) groups is 1. The van der Waals surface area contributed by atoms with Crippen molar-refractivity contribution < 1.29 is 9.13 Å². The van der Waals surface area contributed by atoms with Crippen molar-refractivity contribution >= 4 is 23.0 Å². The summed E-state index contributed by atoms with van der Waals surface area (Å²) in [5.74, 6) is 0.521. The van der Waals surface area contributed by atoms with Gasteiger partial charge in [0.05, 0.1) is 13.2 Å². The van der Waals surface area contributed by atoms with Crippen LogP contribution in [-0.2, 0) is 6.54 Å². The molecule has 0 aliphatic carbocycles. The van der Waals surface area contributed by atoms with Gasteiger partial charge in [-0.15, -0.1) is 0 Å². The second-order valence-corrected chi connectivity index (χ2v) is 6.79. The number of benzene rings is 2. The van der Waals surface area contributed by atoms with Crippen LogP contribution < -0.4 is 10.1 Å². The third-order valence-electron chi connectivity index (χ3n) is 4.82. The normalized spacial score (nSPS) is 15.9. The SMILES string of the molecule is COc1cccc(NC(=S)N2CCn3cccc3[C@H]2c2ccccc2F)c1. The van der Waals surface area contributed by atoms with Gasteiger partial charge in [0, 0.05) is 42.3 Å². The molecule has 0 saturated carbocycles. The van der Waals surface area contributed by atoms with Crippen LogP contribution in [0.2, 0.25) is 0 Å². The zero-order chi connectivity index (χ0) is 18.8. The highest BCUT2D eigenvalue weighted by molar-refractivity contribution is 7.80. The van der Waals surface area contributed by atoms with Gasteiger partial charge >= 0.3 is 0 Å². The predicted octanol–water partition coefficient (Wildman–Crippen LogP) is 4.44. The largest absolute Gasteiger partial charge is 0.497 e. The quantitative estimate of drug-likeness (QED) is 0.680. The first-order valence-electron chi connectivity index (χ1n) is 8.78. The molecule has 1 N–H and O–H groups in total. The minimum Gasteiger partial charge on any atom is -0.497 e. The van der Waals surface area contributed by atoms with Crippen LogP contribution >= 0.6 is 12.2 Å². The highest BCUT2D eigenvalue weighted by Gasteiger charge is 2.32. The lowest BCUT2D eigenvalue weighted by atomic mass is 10.00. The summed E-state index contributed by atoms with van der Waals surface area (Å²) in [5.41, 5.74) is 2.49. The van der Waals surface area contributed by atoms with Crippen molar-refractivity contribution in [3.8, 4) is 5.75 Å². The van der Waals surface area contributed by atoms with Crippen LogP contribution in [0.15, 0.2) is 66.9 Å². The van der Waals surface area contributed by atoms with Gasteiger partial charge in [-0.25, -0.2) is 4.39 Å². The number of ether oxygens (including phenoxy) is 1. The fraction of sp³-hybridized carbons (Fsp3) is 0.190. The average Bonchev–Trinajstić information content (AvgIpc) is 3.17. The van der Waals surface area contributed by atoms with Gasteiger partial charge in [0.1, 0.15) is 11.6 Å². The van der Waals surface area contributed by atoms with Crippen molar-refractivity contribution in [2.45, 2.75) is 12.6 Å². The maximum Gasteiger partial charge on any atom is 0.174 e. The first kappa shape index (κ1) is 17.5. The molecule has 0 amide bonds. The molecule has 1 atom stereocenters. The summed E-state index contributed by atoms with van der Waals surface area (Å²) in [6.07, 6.45) is 2.03. The van der Waals surface area contributed by atoms with Gasteiger partial charge in [-0.2, -0.15) is 0 Å². The second-order valence-electron chi connectivity index (χ2n) is 6.41. The molecule has 1 aliphatic heterocycles. The molecule has 0 saturated heterocycles. The van der Waals surface area contributed by atoms with E-state index >= 15 is 0 Å². The molecule has 0 unspecified atom stereocenters. The lowest BCUT2D eigenvalue weighted by Crippen LogP contribution is -2.44. The maximum absolute atomic E-state index is 14.6. The molecule has 4 rings (SSSR count). The monoisotopic (exact) mass is 381 g/mol. The van der Waals surface area contributed by atoms with Gasteiger partial charge in [0.15, 0.2) is 5.11 Å². The lowest BCUT2D eigenvalue weighted by Gasteiger charge is -2.39. The second kappa shape index (κ2) is 7.40. The highest BCUT2D eigenvalue weighted by Crippen LogP contribution is 2.34. The van der Waals surface area contributed by atoms with Crippen LogP contribution in [0.4, 0.5) is 10.1 Å². The number of aromatic nitrogens is 1. The van der Waals surface area contributed by atoms with E-state index in [0.29, 0.717) is 17.2 Å². The van der Waals surface area contributed by atoms with Gasteiger partial charge in [-0.3, -0.25) is 0 Å². The van der Waals surface area contributed by atoms with E-state index in [0.717, 1.165) is 23.7 Å². The molecule has 0 radical (unpaired) electrons. The highest BCUT2D eigenvalue weighted by atomic mass is 32.1. The maximum atomic E-state index is 14.6. The number of nitrogens with one attached hydrogen (secondary N) is 1. The molecule has 0 fully saturated rings. The fourth-order valence-corrected chi connectivity index (χ4v) is 3.84. The summed E-state index contributed by atoms with van der Waals surface area (Å²) in [6, 6.07) is 18.2. The number of rotatable bonds is 3. The Morgan fingerprint density at radius 3 is 2.78 bits per heavy atom. The summed E-state index contributed by atoms with van der Waals surface area (Å²) >= 11 is 5.70. The number of hydrogen-bond acceptors (Lipinski definition) is 2. The van der Waals surface area contributed by atoms with E-state index in [4.69, 9.17) is 17.0 Å². The molecular formula is C21H20FN3OS. The Balaban J connectivity index is 1.68. The van der Waals surface area contributed by atoms with E-state index in [1.54, 1.807) is 13.2 Å². The molecule has 4 nitrogen and oxygen atoms in total. The summed E-state index contributed by atoms with van der Waals surface area (Å²) in [5, 5.41) is 3.83. The third kappa shape index (κ3) is 3.40. The summed E-state index contributed by atoms with van der Waals surface area (Å²) < 4.78 is 22.0. The van der Waals surface area contributed by atoms with Gasteiger partial charge in [0.25, 0.3) is 0 Å². The molecule has 1 aromatic heterocycles. The van der Waals surface area contributed by atoms with Crippen LogP contribution in [0.25, 0.3) is 0 Å². The minimum atomic E-state index is -0.277. The van der Waals surface area contributed by atoms with Gasteiger partial charge in [0.2, 0.25) is 0 Å². The van der Waals surface area contributed by atoms with Crippen molar-refractivity contribution in [2.24, 2.45) is 0 Å². The number of hydrogen-bond donors (Lipinski definition) is 1. The van der Waals surface area contributed by atoms with E-state index in [-0.39, 0.29) is 11.9 Å². The Morgan fingerprint density at radius 2 is 1.96 bits per heavy atom. The molecule has 1 aliphatic rings. The predicted molar refractivity (Wildman–Crippen MR) is 109 cm³/mol. The van der Waals surface area contributed by atoms with Gasteiger partial charge < -0.3 is 19.5 Å². The molecule has 0 spiro atoms. The molecular weight excluding hydrogens is 361 g/mol. The van der Waals surface area contributed by atoms with Crippen molar-refractivity contribution in [1.29, 1.82) is 0 Å². The zero-order valence-electron chi connectivity index (χ0n) is 14.9. The number of halogens is 1. The van der Waals surface area contributed by atoms with Crippen LogP contribution in [-0.4, -0.2) is 28.2 Å². The third-order valence-corrected chi connectivity index (χ3v) is 5.16. The molecule has 27 heavy (non-hydrogen) atoms. The number of nitrogens with zero attached hydrogens (tertiary/aromatic N) is 2. The van der Waals surface area contributed by atoms with Crippen LogP contribution in [0, 0.1) is 5.82 Å². The van der Waals surface area contributed by atoms with Gasteiger partial charge in [-0.1, -0.05) is 24.3 Å². The Morgan fingerprint density at radius 1 is 1.11 bits per heavy atom.